The van der Waals surface area contributed by atoms with Gasteiger partial charge in [0.1, 0.15) is 5.01 Å². The normalized spacial score (nSPS) is 17.5. The third-order valence-electron chi connectivity index (χ3n) is 3.33. The fourth-order valence-electron chi connectivity index (χ4n) is 2.24. The van der Waals surface area contributed by atoms with E-state index in [2.05, 4.69) is 36.5 Å². The first-order valence-corrected chi connectivity index (χ1v) is 7.27. The van der Waals surface area contributed by atoms with E-state index in [0.29, 0.717) is 6.04 Å². The van der Waals surface area contributed by atoms with Crippen molar-refractivity contribution in [3.05, 3.63) is 29.3 Å². The van der Waals surface area contributed by atoms with Gasteiger partial charge in [0.05, 0.1) is 16.3 Å². The van der Waals surface area contributed by atoms with Gasteiger partial charge in [-0.2, -0.15) is 0 Å². The topological polar surface area (TPSA) is 24.9 Å². The van der Waals surface area contributed by atoms with Crippen molar-refractivity contribution in [2.75, 3.05) is 6.54 Å². The lowest BCUT2D eigenvalue weighted by atomic mass is 10.1. The average Bonchev–Trinajstić information content (AvgIpc) is 3.05. The number of nitrogens with one attached hydrogen (secondary N) is 1. The Morgan fingerprint density at radius 3 is 2.94 bits per heavy atom. The molecule has 0 bridgehead atoms. The molecule has 1 aromatic heterocycles. The standard InChI is InChI=1S/C14H18N2S/c1-2-15-12(9-10-7-8-10)14-16-11-5-3-4-6-13(11)17-14/h3-6,10,12,15H,2,7-9H2,1H3. The molecule has 1 heterocycles. The number of hydrogen-bond acceptors (Lipinski definition) is 3. The molecule has 1 atom stereocenters. The Labute approximate surface area is 106 Å². The highest BCUT2D eigenvalue weighted by Crippen LogP contribution is 2.39. The molecule has 1 unspecified atom stereocenters. The third kappa shape index (κ3) is 2.50. The Morgan fingerprint density at radius 1 is 1.41 bits per heavy atom. The molecule has 1 aliphatic rings. The van der Waals surface area contributed by atoms with Crippen molar-refractivity contribution < 1.29 is 0 Å². The molecule has 0 saturated heterocycles. The minimum atomic E-state index is 0.463. The van der Waals surface area contributed by atoms with E-state index >= 15 is 0 Å². The predicted molar refractivity (Wildman–Crippen MR) is 73.4 cm³/mol. The van der Waals surface area contributed by atoms with Crippen molar-refractivity contribution in [3.63, 3.8) is 0 Å². The molecule has 3 rings (SSSR count). The molecule has 3 heteroatoms. The monoisotopic (exact) mass is 246 g/mol. The lowest BCUT2D eigenvalue weighted by molar-refractivity contribution is 0.485. The maximum Gasteiger partial charge on any atom is 0.111 e. The molecule has 1 saturated carbocycles. The number of para-hydroxylation sites is 1. The molecule has 1 N–H and O–H groups in total. The van der Waals surface area contributed by atoms with Crippen LogP contribution in [0.15, 0.2) is 24.3 Å². The van der Waals surface area contributed by atoms with Crippen molar-refractivity contribution >= 4 is 21.6 Å². The van der Waals surface area contributed by atoms with Crippen molar-refractivity contribution in [3.8, 4) is 0 Å². The summed E-state index contributed by atoms with van der Waals surface area (Å²) in [4.78, 5) is 4.77. The van der Waals surface area contributed by atoms with Crippen molar-refractivity contribution in [2.24, 2.45) is 5.92 Å². The predicted octanol–water partition coefficient (Wildman–Crippen LogP) is 3.75. The number of nitrogens with zero attached hydrogens (tertiary/aromatic N) is 1. The van der Waals surface area contributed by atoms with Crippen LogP contribution in [0.4, 0.5) is 0 Å². The van der Waals surface area contributed by atoms with Gasteiger partial charge in [0.2, 0.25) is 0 Å². The minimum Gasteiger partial charge on any atom is -0.308 e. The molecule has 90 valence electrons. The number of aromatic nitrogens is 1. The van der Waals surface area contributed by atoms with Gasteiger partial charge in [-0.1, -0.05) is 31.9 Å². The van der Waals surface area contributed by atoms with E-state index in [4.69, 9.17) is 4.98 Å². The van der Waals surface area contributed by atoms with Crippen LogP contribution in [0.25, 0.3) is 10.2 Å². The third-order valence-corrected chi connectivity index (χ3v) is 4.48. The van der Waals surface area contributed by atoms with E-state index in [-0.39, 0.29) is 0 Å². The molecule has 2 nitrogen and oxygen atoms in total. The Bertz CT molecular complexity index is 469. The summed E-state index contributed by atoms with van der Waals surface area (Å²) in [5.74, 6) is 0.936. The number of benzene rings is 1. The quantitative estimate of drug-likeness (QED) is 0.869. The second-order valence-corrected chi connectivity index (χ2v) is 5.87. The van der Waals surface area contributed by atoms with Crippen LogP contribution < -0.4 is 5.32 Å². The van der Waals surface area contributed by atoms with Gasteiger partial charge in [-0.15, -0.1) is 11.3 Å². The number of hydrogen-bond donors (Lipinski definition) is 1. The molecular weight excluding hydrogens is 228 g/mol. The lowest BCUT2D eigenvalue weighted by Gasteiger charge is -2.14. The highest BCUT2D eigenvalue weighted by atomic mass is 32.1. The zero-order valence-electron chi connectivity index (χ0n) is 10.1. The maximum absolute atomic E-state index is 4.77. The highest BCUT2D eigenvalue weighted by molar-refractivity contribution is 7.18. The van der Waals surface area contributed by atoms with Crippen LogP contribution in [0, 0.1) is 5.92 Å². The van der Waals surface area contributed by atoms with Crippen LogP contribution in [-0.4, -0.2) is 11.5 Å². The van der Waals surface area contributed by atoms with Gasteiger partial charge in [0, 0.05) is 0 Å². The Kier molecular flexibility index (Phi) is 3.12. The molecule has 1 aliphatic carbocycles. The van der Waals surface area contributed by atoms with E-state index in [0.717, 1.165) is 18.0 Å². The van der Waals surface area contributed by atoms with Crippen molar-refractivity contribution in [2.45, 2.75) is 32.2 Å². The van der Waals surface area contributed by atoms with Gasteiger partial charge < -0.3 is 5.32 Å². The van der Waals surface area contributed by atoms with Gasteiger partial charge in [0.25, 0.3) is 0 Å². The molecule has 2 aromatic rings. The summed E-state index contributed by atoms with van der Waals surface area (Å²) >= 11 is 1.84. The minimum absolute atomic E-state index is 0.463. The summed E-state index contributed by atoms with van der Waals surface area (Å²) in [6.07, 6.45) is 4.08. The summed E-state index contributed by atoms with van der Waals surface area (Å²) in [7, 11) is 0. The summed E-state index contributed by atoms with van der Waals surface area (Å²) in [6.45, 7) is 3.19. The van der Waals surface area contributed by atoms with E-state index in [1.165, 1.54) is 29.0 Å². The van der Waals surface area contributed by atoms with E-state index in [1.54, 1.807) is 0 Å². The van der Waals surface area contributed by atoms with Crippen LogP contribution in [0.1, 0.15) is 37.2 Å². The van der Waals surface area contributed by atoms with E-state index < -0.39 is 0 Å². The van der Waals surface area contributed by atoms with E-state index in [9.17, 15) is 0 Å². The number of thiazole rings is 1. The van der Waals surface area contributed by atoms with Crippen LogP contribution in [0.3, 0.4) is 0 Å². The molecular formula is C14H18N2S. The first kappa shape index (κ1) is 11.2. The Balaban J connectivity index is 1.87. The summed E-state index contributed by atoms with van der Waals surface area (Å²) < 4.78 is 1.31. The molecule has 1 fully saturated rings. The first-order chi connectivity index (χ1) is 8.36. The fourth-order valence-corrected chi connectivity index (χ4v) is 3.30. The van der Waals surface area contributed by atoms with Crippen LogP contribution in [0.5, 0.6) is 0 Å². The van der Waals surface area contributed by atoms with Crippen molar-refractivity contribution in [1.29, 1.82) is 0 Å². The largest absolute Gasteiger partial charge is 0.308 e. The smallest absolute Gasteiger partial charge is 0.111 e. The fraction of sp³-hybridized carbons (Fsp3) is 0.500. The van der Waals surface area contributed by atoms with Gasteiger partial charge in [-0.25, -0.2) is 4.98 Å². The van der Waals surface area contributed by atoms with Crippen LogP contribution in [0.2, 0.25) is 0 Å². The SMILES string of the molecule is CCNC(CC1CC1)c1nc2ccccc2s1. The van der Waals surface area contributed by atoms with Gasteiger partial charge in [-0.3, -0.25) is 0 Å². The van der Waals surface area contributed by atoms with Crippen LogP contribution in [-0.2, 0) is 0 Å². The zero-order valence-corrected chi connectivity index (χ0v) is 11.0. The van der Waals surface area contributed by atoms with Gasteiger partial charge >= 0.3 is 0 Å². The lowest BCUT2D eigenvalue weighted by Crippen LogP contribution is -2.21. The van der Waals surface area contributed by atoms with E-state index in [1.807, 2.05) is 11.3 Å². The molecule has 0 amide bonds. The molecule has 0 aliphatic heterocycles. The number of fused-ring (bicyclic) bond motifs is 1. The Morgan fingerprint density at radius 2 is 2.24 bits per heavy atom. The molecule has 0 radical (unpaired) electrons. The number of rotatable bonds is 5. The molecule has 0 spiro atoms. The summed E-state index contributed by atoms with van der Waals surface area (Å²) in [5.41, 5.74) is 1.14. The summed E-state index contributed by atoms with van der Waals surface area (Å²) in [5, 5.41) is 4.84. The Hall–Kier alpha value is -0.930. The highest BCUT2D eigenvalue weighted by Gasteiger charge is 2.27. The summed E-state index contributed by atoms with van der Waals surface area (Å²) in [6, 6.07) is 8.89. The molecule has 17 heavy (non-hydrogen) atoms. The van der Waals surface area contributed by atoms with Crippen molar-refractivity contribution in [1.82, 2.24) is 10.3 Å². The second kappa shape index (κ2) is 4.75. The maximum atomic E-state index is 4.77. The molecule has 1 aromatic carbocycles. The first-order valence-electron chi connectivity index (χ1n) is 6.45. The van der Waals surface area contributed by atoms with Gasteiger partial charge in [-0.05, 0) is 31.0 Å². The average molecular weight is 246 g/mol. The zero-order chi connectivity index (χ0) is 11.7. The van der Waals surface area contributed by atoms with Gasteiger partial charge in [0.15, 0.2) is 0 Å². The van der Waals surface area contributed by atoms with Crippen LogP contribution >= 0.6 is 11.3 Å². The second-order valence-electron chi connectivity index (χ2n) is 4.81.